The molecule has 0 bridgehead atoms. The zero-order valence-corrected chi connectivity index (χ0v) is 22.5. The largest absolute Gasteiger partial charge is 0.480 e. The van der Waals surface area contributed by atoms with Gasteiger partial charge < -0.3 is 5.11 Å². The Bertz CT molecular complexity index is 1560. The Morgan fingerprint density at radius 2 is 1.90 bits per heavy atom. The van der Waals surface area contributed by atoms with Gasteiger partial charge in [0.2, 0.25) is 0 Å². The fourth-order valence-electron chi connectivity index (χ4n) is 5.95. The van der Waals surface area contributed by atoms with Crippen molar-refractivity contribution in [2.45, 2.75) is 49.8 Å². The number of aliphatic carboxylic acids is 1. The van der Waals surface area contributed by atoms with Gasteiger partial charge in [0.25, 0.3) is 0 Å². The fourth-order valence-corrected chi connectivity index (χ4v) is 6.90. The predicted octanol–water partition coefficient (Wildman–Crippen LogP) is 5.18. The van der Waals surface area contributed by atoms with E-state index >= 15 is 0 Å². The Hall–Kier alpha value is -3.85. The number of ketones is 1. The standard InChI is InChI=1S/C30H29N5O3S/c1-39-24-25(30(26(24)36)13-3-2-4-14-30)33-23(29(37)38)17-19-9-11-21(12-10-19)35-27(20-7-5-15-31-18-20)34-22-8-6-16-32-28(22)35/h5-12,15-16,18,23-24H,2-4,13-14,17H2,1H3,(H,37,38)/t23-,24?/m0/s1. The molecule has 2 saturated carbocycles. The van der Waals surface area contributed by atoms with E-state index in [0.717, 1.165) is 71.6 Å². The number of benzene rings is 1. The number of imidazole rings is 1. The van der Waals surface area contributed by atoms with Gasteiger partial charge in [-0.3, -0.25) is 19.3 Å². The molecule has 3 heterocycles. The van der Waals surface area contributed by atoms with E-state index < -0.39 is 17.4 Å². The number of carbonyl (C=O) groups is 2. The molecule has 198 valence electrons. The van der Waals surface area contributed by atoms with Crippen molar-refractivity contribution in [3.63, 3.8) is 0 Å². The van der Waals surface area contributed by atoms with Crippen LogP contribution in [0, 0.1) is 5.41 Å². The van der Waals surface area contributed by atoms with E-state index in [1.807, 2.05) is 59.4 Å². The van der Waals surface area contributed by atoms with E-state index in [1.54, 1.807) is 18.6 Å². The highest BCUT2D eigenvalue weighted by molar-refractivity contribution is 8.01. The summed E-state index contributed by atoms with van der Waals surface area (Å²) in [4.78, 5) is 43.7. The van der Waals surface area contributed by atoms with E-state index in [0.29, 0.717) is 0 Å². The number of carboxylic acids is 1. The molecule has 0 saturated heterocycles. The molecule has 2 aliphatic rings. The molecule has 1 spiro atoms. The summed E-state index contributed by atoms with van der Waals surface area (Å²) in [6.45, 7) is 0. The van der Waals surface area contributed by atoms with Crippen LogP contribution in [0.15, 0.2) is 72.1 Å². The molecule has 6 rings (SSSR count). The minimum absolute atomic E-state index is 0.229. The summed E-state index contributed by atoms with van der Waals surface area (Å²) in [6, 6.07) is 14.5. The Balaban J connectivity index is 1.31. The van der Waals surface area contributed by atoms with Gasteiger partial charge in [0.05, 0.1) is 5.41 Å². The minimum Gasteiger partial charge on any atom is -0.480 e. The molecule has 1 N–H and O–H groups in total. The van der Waals surface area contributed by atoms with Crippen LogP contribution < -0.4 is 0 Å². The van der Waals surface area contributed by atoms with Crippen molar-refractivity contribution >= 4 is 40.4 Å². The van der Waals surface area contributed by atoms with Crippen molar-refractivity contribution < 1.29 is 14.7 Å². The first-order valence-electron chi connectivity index (χ1n) is 13.2. The van der Waals surface area contributed by atoms with Gasteiger partial charge in [0.15, 0.2) is 17.5 Å². The molecule has 4 aromatic rings. The van der Waals surface area contributed by atoms with Crippen LogP contribution in [0.1, 0.15) is 37.7 Å². The van der Waals surface area contributed by atoms with Crippen molar-refractivity contribution in [2.24, 2.45) is 10.4 Å². The van der Waals surface area contributed by atoms with Crippen molar-refractivity contribution in [3.8, 4) is 17.1 Å². The van der Waals surface area contributed by atoms with Crippen molar-refractivity contribution in [1.29, 1.82) is 0 Å². The Morgan fingerprint density at radius 3 is 2.59 bits per heavy atom. The van der Waals surface area contributed by atoms with E-state index in [2.05, 4.69) is 9.97 Å². The molecule has 9 heteroatoms. The van der Waals surface area contributed by atoms with Crippen molar-refractivity contribution in [1.82, 2.24) is 19.5 Å². The molecule has 1 unspecified atom stereocenters. The van der Waals surface area contributed by atoms with E-state index in [-0.39, 0.29) is 17.5 Å². The summed E-state index contributed by atoms with van der Waals surface area (Å²) < 4.78 is 1.99. The third kappa shape index (κ3) is 4.44. The predicted molar refractivity (Wildman–Crippen MR) is 152 cm³/mol. The number of aromatic nitrogens is 4. The number of rotatable bonds is 7. The lowest BCUT2D eigenvalue weighted by atomic mass is 9.58. The van der Waals surface area contributed by atoms with E-state index in [1.165, 1.54) is 11.8 Å². The first-order valence-corrected chi connectivity index (χ1v) is 14.5. The van der Waals surface area contributed by atoms with Crippen LogP contribution in [0.3, 0.4) is 0 Å². The monoisotopic (exact) mass is 539 g/mol. The van der Waals surface area contributed by atoms with Gasteiger partial charge >= 0.3 is 5.97 Å². The fraction of sp³-hybridized carbons (Fsp3) is 0.333. The maximum absolute atomic E-state index is 13.0. The van der Waals surface area contributed by atoms with Gasteiger partial charge in [0.1, 0.15) is 16.6 Å². The molecule has 2 fully saturated rings. The number of Topliss-reactive ketones (excluding diaryl/α,β-unsaturated/α-hetero) is 1. The quantitative estimate of drug-likeness (QED) is 0.344. The SMILES string of the molecule is CSC1C(=O)C2(CCCCC2)C1=N[C@@H](Cc1ccc(-n2c(-c3cccnc3)nc3cccnc32)cc1)C(=O)O. The average Bonchev–Trinajstić information content (AvgIpc) is 3.37. The lowest BCUT2D eigenvalue weighted by molar-refractivity contribution is -0.138. The summed E-state index contributed by atoms with van der Waals surface area (Å²) in [5, 5.41) is 9.76. The second kappa shape index (κ2) is 10.4. The van der Waals surface area contributed by atoms with Crippen LogP contribution in [0.25, 0.3) is 28.2 Å². The minimum atomic E-state index is -0.972. The summed E-state index contributed by atoms with van der Waals surface area (Å²) in [5.74, 6) is -0.0113. The first-order chi connectivity index (χ1) is 19.0. The summed E-state index contributed by atoms with van der Waals surface area (Å²) in [5.41, 5.74) is 4.36. The van der Waals surface area contributed by atoms with Gasteiger partial charge in [-0.1, -0.05) is 31.4 Å². The first kappa shape index (κ1) is 25.4. The molecular weight excluding hydrogens is 510 g/mol. The maximum atomic E-state index is 13.0. The number of carbonyl (C=O) groups excluding carboxylic acids is 1. The number of hydrogen-bond donors (Lipinski definition) is 1. The number of nitrogens with zero attached hydrogens (tertiary/aromatic N) is 5. The third-order valence-electron chi connectivity index (χ3n) is 7.93. The molecule has 2 aliphatic carbocycles. The highest BCUT2D eigenvalue weighted by atomic mass is 32.2. The zero-order valence-electron chi connectivity index (χ0n) is 21.7. The topological polar surface area (TPSA) is 110 Å². The molecule has 0 amide bonds. The normalized spacial score (nSPS) is 20.3. The van der Waals surface area contributed by atoms with Crippen LogP contribution in [0.2, 0.25) is 0 Å². The van der Waals surface area contributed by atoms with Crippen molar-refractivity contribution in [3.05, 3.63) is 72.7 Å². The Morgan fingerprint density at radius 1 is 1.13 bits per heavy atom. The number of carboxylic acid groups (broad SMARTS) is 1. The molecule has 39 heavy (non-hydrogen) atoms. The van der Waals surface area contributed by atoms with Gasteiger partial charge in [-0.2, -0.15) is 0 Å². The van der Waals surface area contributed by atoms with Crippen LogP contribution in [-0.2, 0) is 16.0 Å². The molecule has 2 atom stereocenters. The summed E-state index contributed by atoms with van der Waals surface area (Å²) in [7, 11) is 0. The number of hydrogen-bond acceptors (Lipinski definition) is 7. The number of fused-ring (bicyclic) bond motifs is 1. The molecular formula is C30H29N5O3S. The molecule has 3 aromatic heterocycles. The Labute approximate surface area is 230 Å². The maximum Gasteiger partial charge on any atom is 0.328 e. The summed E-state index contributed by atoms with van der Waals surface area (Å²) in [6.07, 6.45) is 12.1. The number of thioether (sulfide) groups is 1. The number of aliphatic imine (C=N–C) groups is 1. The smallest absolute Gasteiger partial charge is 0.328 e. The third-order valence-corrected chi connectivity index (χ3v) is 8.84. The van der Waals surface area contributed by atoms with E-state index in [4.69, 9.17) is 9.98 Å². The van der Waals surface area contributed by atoms with Gasteiger partial charge in [-0.25, -0.2) is 14.8 Å². The van der Waals surface area contributed by atoms with Crippen LogP contribution in [0.4, 0.5) is 0 Å². The Kier molecular flexibility index (Phi) is 6.76. The van der Waals surface area contributed by atoms with Gasteiger partial charge in [0, 0.05) is 42.0 Å². The highest BCUT2D eigenvalue weighted by Crippen LogP contribution is 2.50. The zero-order chi connectivity index (χ0) is 27.0. The van der Waals surface area contributed by atoms with Gasteiger partial charge in [-0.05, 0) is 61.1 Å². The second-order valence-corrected chi connectivity index (χ2v) is 11.2. The van der Waals surface area contributed by atoms with Crippen LogP contribution >= 0.6 is 11.8 Å². The molecule has 0 aliphatic heterocycles. The molecule has 0 radical (unpaired) electrons. The molecule has 1 aromatic carbocycles. The lowest BCUT2D eigenvalue weighted by Gasteiger charge is -2.49. The lowest BCUT2D eigenvalue weighted by Crippen LogP contribution is -2.62. The van der Waals surface area contributed by atoms with E-state index in [9.17, 15) is 14.7 Å². The molecule has 8 nitrogen and oxygen atoms in total. The summed E-state index contributed by atoms with van der Waals surface area (Å²) >= 11 is 1.46. The van der Waals surface area contributed by atoms with Crippen LogP contribution in [-0.4, -0.2) is 59.6 Å². The number of pyridine rings is 2. The highest BCUT2D eigenvalue weighted by Gasteiger charge is 2.59. The second-order valence-electron chi connectivity index (χ2n) is 10.2. The van der Waals surface area contributed by atoms with Gasteiger partial charge in [-0.15, -0.1) is 11.8 Å². The van der Waals surface area contributed by atoms with Crippen LogP contribution in [0.5, 0.6) is 0 Å². The van der Waals surface area contributed by atoms with Crippen molar-refractivity contribution in [2.75, 3.05) is 6.26 Å². The average molecular weight is 540 g/mol.